The van der Waals surface area contributed by atoms with E-state index in [-0.39, 0.29) is 17.1 Å². The third kappa shape index (κ3) is 2.85. The first-order valence-corrected chi connectivity index (χ1v) is 6.05. The van der Waals surface area contributed by atoms with Gasteiger partial charge in [0.25, 0.3) is 0 Å². The highest BCUT2D eigenvalue weighted by Gasteiger charge is 2.21. The van der Waals surface area contributed by atoms with Crippen molar-refractivity contribution in [1.82, 2.24) is 5.16 Å². The van der Waals surface area contributed by atoms with E-state index in [2.05, 4.69) is 5.16 Å². The predicted molar refractivity (Wildman–Crippen MR) is 77.6 cm³/mol. The van der Waals surface area contributed by atoms with Gasteiger partial charge in [0, 0.05) is 19.8 Å². The van der Waals surface area contributed by atoms with Crippen LogP contribution >= 0.6 is 0 Å². The summed E-state index contributed by atoms with van der Waals surface area (Å²) in [6.07, 6.45) is 3.31. The minimum Gasteiger partial charge on any atom is -0.378 e. The van der Waals surface area contributed by atoms with Gasteiger partial charge in [0.15, 0.2) is 5.69 Å². The second kappa shape index (κ2) is 5.56. The molecule has 0 aliphatic carbocycles. The third-order valence-electron chi connectivity index (χ3n) is 2.88. The van der Waals surface area contributed by atoms with Crippen molar-refractivity contribution >= 4 is 23.5 Å². The maximum Gasteiger partial charge on any atom is 0.338 e. The molecule has 1 aromatic heterocycles. The third-order valence-corrected chi connectivity index (χ3v) is 2.88. The molecule has 1 heterocycles. The van der Waals surface area contributed by atoms with Crippen molar-refractivity contribution in [3.8, 4) is 0 Å². The van der Waals surface area contributed by atoms with Gasteiger partial charge in [-0.2, -0.15) is 0 Å². The van der Waals surface area contributed by atoms with Gasteiger partial charge in [-0.15, -0.1) is 0 Å². The summed E-state index contributed by atoms with van der Waals surface area (Å²) in [6.45, 7) is 1.55. The van der Waals surface area contributed by atoms with Crippen LogP contribution in [-0.4, -0.2) is 24.2 Å². The zero-order valence-corrected chi connectivity index (χ0v) is 11.5. The van der Waals surface area contributed by atoms with Crippen molar-refractivity contribution < 1.29 is 9.45 Å². The van der Waals surface area contributed by atoms with Gasteiger partial charge in [-0.05, 0) is 30.7 Å². The molecular weight excluding hydrogens is 258 g/mol. The molecule has 0 aliphatic rings. The Morgan fingerprint density at radius 3 is 2.45 bits per heavy atom. The van der Waals surface area contributed by atoms with Crippen molar-refractivity contribution in [1.29, 1.82) is 0 Å². The minimum absolute atomic E-state index is 0.0915. The maximum absolute atomic E-state index is 10.9. The van der Waals surface area contributed by atoms with E-state index < -0.39 is 4.92 Å². The molecule has 6 nitrogen and oxygen atoms in total. The Morgan fingerprint density at radius 2 is 1.90 bits per heavy atom. The van der Waals surface area contributed by atoms with E-state index in [1.807, 2.05) is 43.3 Å². The molecule has 0 saturated carbocycles. The lowest BCUT2D eigenvalue weighted by Gasteiger charge is -2.11. The number of hydrogen-bond donors (Lipinski definition) is 0. The van der Waals surface area contributed by atoms with Crippen LogP contribution in [0.4, 0.5) is 11.4 Å². The lowest BCUT2D eigenvalue weighted by molar-refractivity contribution is -0.386. The second-order valence-corrected chi connectivity index (χ2v) is 4.56. The van der Waals surface area contributed by atoms with E-state index in [9.17, 15) is 10.1 Å². The van der Waals surface area contributed by atoms with E-state index in [0.717, 1.165) is 11.3 Å². The van der Waals surface area contributed by atoms with Crippen LogP contribution in [0.15, 0.2) is 28.8 Å². The Hall–Kier alpha value is -2.63. The predicted octanol–water partition coefficient (Wildman–Crippen LogP) is 3.13. The van der Waals surface area contributed by atoms with Crippen molar-refractivity contribution in [2.75, 3.05) is 19.0 Å². The average molecular weight is 273 g/mol. The highest BCUT2D eigenvalue weighted by molar-refractivity contribution is 5.72. The largest absolute Gasteiger partial charge is 0.378 e. The number of benzene rings is 1. The second-order valence-electron chi connectivity index (χ2n) is 4.56. The highest BCUT2D eigenvalue weighted by Crippen LogP contribution is 2.24. The molecule has 0 spiro atoms. The maximum atomic E-state index is 10.9. The molecule has 0 atom stereocenters. The number of nitrogens with zero attached hydrogens (tertiary/aromatic N) is 3. The van der Waals surface area contributed by atoms with E-state index in [1.54, 1.807) is 19.1 Å². The van der Waals surface area contributed by atoms with Crippen molar-refractivity contribution in [2.24, 2.45) is 0 Å². The first kappa shape index (κ1) is 13.8. The fourth-order valence-corrected chi connectivity index (χ4v) is 1.77. The van der Waals surface area contributed by atoms with Crippen LogP contribution in [0.2, 0.25) is 0 Å². The molecule has 0 saturated heterocycles. The zero-order valence-electron chi connectivity index (χ0n) is 11.5. The highest BCUT2D eigenvalue weighted by atomic mass is 16.6. The van der Waals surface area contributed by atoms with Gasteiger partial charge < -0.3 is 9.42 Å². The summed E-state index contributed by atoms with van der Waals surface area (Å²) < 4.78 is 4.95. The molecule has 0 unspecified atom stereocenters. The number of anilines is 1. The Morgan fingerprint density at radius 1 is 1.25 bits per heavy atom. The standard InChI is InChI=1S/C14H15N3O3/c1-10-14(17(18)19)13(20-15-10)9-6-11-4-7-12(8-5-11)16(2)3/h4-9H,1-3H3/b9-6-. The Labute approximate surface area is 116 Å². The number of rotatable bonds is 4. The molecule has 20 heavy (non-hydrogen) atoms. The van der Waals surface area contributed by atoms with Crippen molar-refractivity contribution in [2.45, 2.75) is 6.92 Å². The molecule has 0 amide bonds. The summed E-state index contributed by atoms with van der Waals surface area (Å²) in [5.41, 5.74) is 2.20. The summed E-state index contributed by atoms with van der Waals surface area (Å²) in [5, 5.41) is 14.5. The zero-order chi connectivity index (χ0) is 14.7. The molecule has 0 radical (unpaired) electrons. The lowest BCUT2D eigenvalue weighted by Crippen LogP contribution is -2.07. The summed E-state index contributed by atoms with van der Waals surface area (Å²) in [7, 11) is 3.93. The van der Waals surface area contributed by atoms with Crippen LogP contribution in [0.1, 0.15) is 17.0 Å². The SMILES string of the molecule is Cc1noc(/C=C\c2ccc(N(C)C)cc2)c1[N+](=O)[O-]. The quantitative estimate of drug-likeness (QED) is 0.632. The van der Waals surface area contributed by atoms with Crippen LogP contribution in [0.25, 0.3) is 12.2 Å². The van der Waals surface area contributed by atoms with Gasteiger partial charge in [-0.25, -0.2) is 0 Å². The molecule has 2 aromatic rings. The van der Waals surface area contributed by atoms with Gasteiger partial charge in [0.05, 0.1) is 4.92 Å². The molecule has 1 aromatic carbocycles. The van der Waals surface area contributed by atoms with Crippen LogP contribution in [-0.2, 0) is 0 Å². The first-order chi connectivity index (χ1) is 9.49. The van der Waals surface area contributed by atoms with Crippen LogP contribution in [0.5, 0.6) is 0 Å². The monoisotopic (exact) mass is 273 g/mol. The topological polar surface area (TPSA) is 72.4 Å². The van der Waals surface area contributed by atoms with E-state index >= 15 is 0 Å². The van der Waals surface area contributed by atoms with Gasteiger partial charge >= 0.3 is 5.69 Å². The summed E-state index contributed by atoms with van der Waals surface area (Å²) in [6, 6.07) is 7.81. The molecule has 6 heteroatoms. The summed E-state index contributed by atoms with van der Waals surface area (Å²) in [5.74, 6) is 0.157. The van der Waals surface area contributed by atoms with Gasteiger partial charge in [0.1, 0.15) is 0 Å². The Kier molecular flexibility index (Phi) is 3.84. The smallest absolute Gasteiger partial charge is 0.338 e. The number of nitro groups is 1. The molecule has 104 valence electrons. The van der Waals surface area contributed by atoms with E-state index in [4.69, 9.17) is 4.52 Å². The van der Waals surface area contributed by atoms with Crippen LogP contribution in [0.3, 0.4) is 0 Å². The average Bonchev–Trinajstić information content (AvgIpc) is 2.78. The van der Waals surface area contributed by atoms with Crippen LogP contribution in [0, 0.1) is 17.0 Å². The van der Waals surface area contributed by atoms with Crippen LogP contribution < -0.4 is 4.90 Å². The molecule has 0 aliphatic heterocycles. The normalized spacial score (nSPS) is 10.9. The number of aromatic nitrogens is 1. The molecule has 2 rings (SSSR count). The minimum atomic E-state index is -0.485. The Balaban J connectivity index is 2.23. The summed E-state index contributed by atoms with van der Waals surface area (Å²) >= 11 is 0. The van der Waals surface area contributed by atoms with Gasteiger partial charge in [-0.1, -0.05) is 23.4 Å². The van der Waals surface area contributed by atoms with Gasteiger partial charge in [-0.3, -0.25) is 10.1 Å². The molecule has 0 N–H and O–H groups in total. The van der Waals surface area contributed by atoms with E-state index in [1.165, 1.54) is 0 Å². The molecule has 0 fully saturated rings. The van der Waals surface area contributed by atoms with Gasteiger partial charge in [0.2, 0.25) is 5.76 Å². The molecular formula is C14H15N3O3. The first-order valence-electron chi connectivity index (χ1n) is 6.05. The number of aryl methyl sites for hydroxylation is 1. The van der Waals surface area contributed by atoms with E-state index in [0.29, 0.717) is 0 Å². The van der Waals surface area contributed by atoms with Crippen molar-refractivity contribution in [3.05, 3.63) is 51.4 Å². The molecule has 0 bridgehead atoms. The number of hydrogen-bond acceptors (Lipinski definition) is 5. The fraction of sp³-hybridized carbons (Fsp3) is 0.214. The summed E-state index contributed by atoms with van der Waals surface area (Å²) in [4.78, 5) is 12.4. The van der Waals surface area contributed by atoms with Crippen molar-refractivity contribution in [3.63, 3.8) is 0 Å². The lowest BCUT2D eigenvalue weighted by atomic mass is 10.1. The Bertz CT molecular complexity index is 642. The fourth-order valence-electron chi connectivity index (χ4n) is 1.77.